The highest BCUT2D eigenvalue weighted by molar-refractivity contribution is 8.00. The van der Waals surface area contributed by atoms with Gasteiger partial charge in [-0.15, -0.1) is 12.6 Å². The highest BCUT2D eigenvalue weighted by Crippen LogP contribution is 2.45. The second-order valence-corrected chi connectivity index (χ2v) is 9.51. The maximum absolute atomic E-state index is 12.5. The van der Waals surface area contributed by atoms with E-state index in [0.29, 0.717) is 5.69 Å². The lowest BCUT2D eigenvalue weighted by Gasteiger charge is -2.16. The SMILES string of the molecule is C.CSC1CC(=O)N(CCC(=O)Nc2ccc3c(c2)C(COC(C)=O)c2ccccc2-3)C1=O.O=S(=O)=O. The van der Waals surface area contributed by atoms with E-state index >= 15 is 0 Å². The van der Waals surface area contributed by atoms with Crippen molar-refractivity contribution in [2.75, 3.05) is 24.7 Å². The van der Waals surface area contributed by atoms with Crippen LogP contribution in [0.2, 0.25) is 0 Å². The van der Waals surface area contributed by atoms with Gasteiger partial charge in [0.15, 0.2) is 0 Å². The Morgan fingerprint density at radius 1 is 1.08 bits per heavy atom. The number of esters is 1. The third kappa shape index (κ3) is 7.26. The molecular weight excluding hydrogens is 520 g/mol. The van der Waals surface area contributed by atoms with Crippen LogP contribution in [0.1, 0.15) is 44.2 Å². The number of hydrogen-bond acceptors (Lipinski definition) is 9. The number of thioether (sulfide) groups is 1. The number of nitrogens with one attached hydrogen (secondary N) is 1. The van der Waals surface area contributed by atoms with E-state index < -0.39 is 10.6 Å². The Bertz CT molecular complexity index is 1300. The maximum Gasteiger partial charge on any atom is 0.425 e. The first-order chi connectivity index (χ1) is 17.1. The van der Waals surface area contributed by atoms with Crippen LogP contribution in [0.25, 0.3) is 11.1 Å². The standard InChI is InChI=1S/C24H24N2O5S.CH4.O3S/c1-14(27)31-13-20-17-6-4-3-5-16(17)18-8-7-15(11-19(18)20)25-22(28)9-10-26-23(29)12-21(32-2)24(26)30;;1-4(2)3/h3-8,11,20-21H,9-10,12-13H2,1-2H3,(H,25,28);1H4;. The van der Waals surface area contributed by atoms with Crippen LogP contribution in [-0.4, -0.2) is 65.9 Å². The van der Waals surface area contributed by atoms with Crippen molar-refractivity contribution in [2.24, 2.45) is 0 Å². The van der Waals surface area contributed by atoms with Gasteiger partial charge >= 0.3 is 16.6 Å². The molecule has 3 amide bonds. The molecule has 1 fully saturated rings. The van der Waals surface area contributed by atoms with Gasteiger partial charge in [-0.2, -0.15) is 11.8 Å². The van der Waals surface area contributed by atoms with Crippen LogP contribution in [-0.2, 0) is 34.5 Å². The molecule has 2 aromatic carbocycles. The monoisotopic (exact) mass is 548 g/mol. The van der Waals surface area contributed by atoms with Crippen LogP contribution in [0.3, 0.4) is 0 Å². The van der Waals surface area contributed by atoms with Crippen molar-refractivity contribution >= 4 is 51.7 Å². The second-order valence-electron chi connectivity index (χ2n) is 8.06. The molecule has 1 saturated heterocycles. The molecule has 198 valence electrons. The number of benzene rings is 2. The van der Waals surface area contributed by atoms with Crippen LogP contribution < -0.4 is 5.32 Å². The molecule has 0 spiro atoms. The summed E-state index contributed by atoms with van der Waals surface area (Å²) in [6.45, 7) is 1.69. The molecule has 1 aliphatic carbocycles. The van der Waals surface area contributed by atoms with Crippen molar-refractivity contribution in [3.63, 3.8) is 0 Å². The molecule has 0 radical (unpaired) electrons. The van der Waals surface area contributed by atoms with Crippen LogP contribution in [0, 0.1) is 0 Å². The van der Waals surface area contributed by atoms with Crippen LogP contribution in [0.5, 0.6) is 0 Å². The summed E-state index contributed by atoms with van der Waals surface area (Å²) in [5.74, 6) is -1.17. The Kier molecular flexibility index (Phi) is 10.6. The predicted molar refractivity (Wildman–Crippen MR) is 139 cm³/mol. The van der Waals surface area contributed by atoms with Gasteiger partial charge in [0, 0.05) is 37.9 Å². The number of rotatable bonds is 7. The average molecular weight is 549 g/mol. The smallest absolute Gasteiger partial charge is 0.425 e. The molecule has 2 aliphatic rings. The van der Waals surface area contributed by atoms with Gasteiger partial charge in [0.25, 0.3) is 0 Å². The second kappa shape index (κ2) is 13.2. The van der Waals surface area contributed by atoms with Crippen molar-refractivity contribution in [1.82, 2.24) is 4.90 Å². The number of anilines is 1. The first-order valence-corrected chi connectivity index (χ1v) is 13.2. The van der Waals surface area contributed by atoms with Crippen molar-refractivity contribution in [3.8, 4) is 11.1 Å². The summed E-state index contributed by atoms with van der Waals surface area (Å²) < 4.78 is 30.6. The van der Waals surface area contributed by atoms with E-state index in [-0.39, 0.29) is 68.3 Å². The molecule has 4 rings (SSSR count). The quantitative estimate of drug-likeness (QED) is 0.408. The third-order valence-electron chi connectivity index (χ3n) is 5.84. The topological polar surface area (TPSA) is 144 Å². The molecule has 12 heteroatoms. The van der Waals surface area contributed by atoms with Crippen molar-refractivity contribution in [1.29, 1.82) is 0 Å². The summed E-state index contributed by atoms with van der Waals surface area (Å²) in [5, 5.41) is 2.51. The Morgan fingerprint density at radius 3 is 2.35 bits per heavy atom. The van der Waals surface area contributed by atoms with Gasteiger partial charge in [0.2, 0.25) is 17.7 Å². The Morgan fingerprint density at radius 2 is 1.73 bits per heavy atom. The number of nitrogens with zero attached hydrogens (tertiary/aromatic N) is 1. The fourth-order valence-electron chi connectivity index (χ4n) is 4.28. The third-order valence-corrected chi connectivity index (χ3v) is 6.78. The van der Waals surface area contributed by atoms with Gasteiger partial charge in [-0.05, 0) is 40.6 Å². The molecule has 1 heterocycles. The molecule has 2 aromatic rings. The van der Waals surface area contributed by atoms with Gasteiger partial charge in [-0.25, -0.2) is 0 Å². The minimum Gasteiger partial charge on any atom is -0.465 e. The lowest BCUT2D eigenvalue weighted by Crippen LogP contribution is -2.34. The molecule has 0 saturated carbocycles. The van der Waals surface area contributed by atoms with Crippen LogP contribution in [0.4, 0.5) is 5.69 Å². The van der Waals surface area contributed by atoms with E-state index in [9.17, 15) is 19.2 Å². The number of carbonyl (C=O) groups excluding carboxylic acids is 4. The molecule has 0 bridgehead atoms. The fraction of sp³-hybridized carbons (Fsp3) is 0.360. The van der Waals surface area contributed by atoms with E-state index in [4.69, 9.17) is 17.4 Å². The summed E-state index contributed by atoms with van der Waals surface area (Å²) in [4.78, 5) is 49.3. The predicted octanol–water partition coefficient (Wildman–Crippen LogP) is 2.81. The van der Waals surface area contributed by atoms with Crippen LogP contribution >= 0.6 is 11.8 Å². The van der Waals surface area contributed by atoms with Crippen LogP contribution in [0.15, 0.2) is 42.5 Å². The van der Waals surface area contributed by atoms with Crippen molar-refractivity contribution in [2.45, 2.75) is 38.4 Å². The van der Waals surface area contributed by atoms with E-state index in [2.05, 4.69) is 5.32 Å². The van der Waals surface area contributed by atoms with Crippen molar-refractivity contribution < 1.29 is 36.5 Å². The minimum atomic E-state index is -3.11. The minimum absolute atomic E-state index is 0. The Hall–Kier alpha value is -3.51. The summed E-state index contributed by atoms with van der Waals surface area (Å²) in [7, 11) is -3.11. The van der Waals surface area contributed by atoms with E-state index in [1.54, 1.807) is 6.26 Å². The maximum atomic E-state index is 12.5. The fourth-order valence-corrected chi connectivity index (χ4v) is 4.91. The molecular formula is C25H28N2O8S2. The zero-order chi connectivity index (χ0) is 26.4. The molecule has 37 heavy (non-hydrogen) atoms. The molecule has 10 nitrogen and oxygen atoms in total. The number of imide groups is 1. The number of fused-ring (bicyclic) bond motifs is 3. The summed E-state index contributed by atoms with van der Waals surface area (Å²) in [6, 6.07) is 13.7. The Balaban J connectivity index is 0.000000898. The van der Waals surface area contributed by atoms with Gasteiger partial charge in [-0.1, -0.05) is 37.8 Å². The summed E-state index contributed by atoms with van der Waals surface area (Å²) >= 11 is 1.35. The van der Waals surface area contributed by atoms with E-state index in [0.717, 1.165) is 22.3 Å². The van der Waals surface area contributed by atoms with Gasteiger partial charge in [0.05, 0.1) is 5.25 Å². The molecule has 0 aromatic heterocycles. The van der Waals surface area contributed by atoms with Gasteiger partial charge < -0.3 is 10.1 Å². The highest BCUT2D eigenvalue weighted by atomic mass is 32.2. The number of likely N-dealkylation sites (tertiary alicyclic amines) is 1. The first-order valence-electron chi connectivity index (χ1n) is 10.9. The largest absolute Gasteiger partial charge is 0.465 e. The molecule has 1 N–H and O–H groups in total. The Labute approximate surface area is 220 Å². The zero-order valence-corrected chi connectivity index (χ0v) is 21.2. The highest BCUT2D eigenvalue weighted by Gasteiger charge is 2.38. The average Bonchev–Trinajstić information content (AvgIpc) is 3.28. The van der Waals surface area contributed by atoms with E-state index in [1.165, 1.54) is 23.6 Å². The number of ether oxygens (including phenoxy) is 1. The molecule has 1 aliphatic heterocycles. The zero-order valence-electron chi connectivity index (χ0n) is 19.6. The number of carbonyl (C=O) groups is 4. The first kappa shape index (κ1) is 29.7. The summed E-state index contributed by atoms with van der Waals surface area (Å²) in [5.41, 5.74) is 4.83. The normalized spacial score (nSPS) is 17.1. The lowest BCUT2D eigenvalue weighted by atomic mass is 9.97. The molecule has 2 atom stereocenters. The lowest BCUT2D eigenvalue weighted by molar-refractivity contribution is -0.141. The van der Waals surface area contributed by atoms with Gasteiger partial charge in [-0.3, -0.25) is 24.1 Å². The van der Waals surface area contributed by atoms with E-state index in [1.807, 2.05) is 42.5 Å². The molecule has 2 unspecified atom stereocenters. The number of hydrogen-bond donors (Lipinski definition) is 1. The number of amides is 3. The summed E-state index contributed by atoms with van der Waals surface area (Å²) in [6.07, 6.45) is 2.02. The van der Waals surface area contributed by atoms with Crippen molar-refractivity contribution in [3.05, 3.63) is 53.6 Å². The van der Waals surface area contributed by atoms with Gasteiger partial charge in [0.1, 0.15) is 6.61 Å².